The van der Waals surface area contributed by atoms with Crippen molar-refractivity contribution in [3.05, 3.63) is 87.6 Å². The van der Waals surface area contributed by atoms with Crippen LogP contribution >= 0.6 is 0 Å². The maximum atomic E-state index is 6.40. The minimum Gasteiger partial charge on any atom is -0.488 e. The molecule has 4 heterocycles. The Morgan fingerprint density at radius 2 is 1.89 bits per heavy atom. The van der Waals surface area contributed by atoms with Crippen LogP contribution in [0.5, 0.6) is 5.75 Å². The molecule has 7 rings (SSSR count). The number of hydrogen-bond donors (Lipinski definition) is 1. The Balaban J connectivity index is 1.48. The van der Waals surface area contributed by atoms with Crippen LogP contribution in [0, 0.1) is 20.8 Å². The Labute approximate surface area is 214 Å². The molecule has 5 aromatic rings. The zero-order valence-corrected chi connectivity index (χ0v) is 21.3. The van der Waals surface area contributed by atoms with E-state index in [1.165, 1.54) is 12.8 Å². The summed E-state index contributed by atoms with van der Waals surface area (Å²) in [6.45, 7) is 8.78. The Kier molecular flexibility index (Phi) is 4.79. The smallest absolute Gasteiger partial charge is 0.201 e. The summed E-state index contributed by atoms with van der Waals surface area (Å²) in [5, 5.41) is 14.9. The van der Waals surface area contributed by atoms with Crippen LogP contribution in [0.1, 0.15) is 70.8 Å². The zero-order chi connectivity index (χ0) is 25.3. The first-order valence-electron chi connectivity index (χ1n) is 12.7. The van der Waals surface area contributed by atoms with Gasteiger partial charge in [0, 0.05) is 34.0 Å². The van der Waals surface area contributed by atoms with Crippen molar-refractivity contribution in [3.8, 4) is 11.4 Å². The second-order valence-corrected chi connectivity index (χ2v) is 10.1. The van der Waals surface area contributed by atoms with Gasteiger partial charge in [-0.05, 0) is 92.3 Å². The molecule has 1 saturated carbocycles. The van der Waals surface area contributed by atoms with Crippen LogP contribution in [0.25, 0.3) is 28.0 Å². The van der Waals surface area contributed by atoms with Crippen molar-refractivity contribution < 1.29 is 4.74 Å². The summed E-state index contributed by atoms with van der Waals surface area (Å²) >= 11 is 0. The first-order chi connectivity index (χ1) is 18.0. The van der Waals surface area contributed by atoms with Crippen LogP contribution < -0.4 is 4.74 Å². The van der Waals surface area contributed by atoms with Crippen LogP contribution in [-0.2, 0) is 6.61 Å². The molecule has 37 heavy (non-hydrogen) atoms. The number of nitrogens with one attached hydrogen (secondary N) is 1. The number of H-pyrrole nitrogens is 1. The Hall–Kier alpha value is -4.33. The number of rotatable bonds is 3. The lowest BCUT2D eigenvalue weighted by molar-refractivity contribution is 0.307. The molecule has 1 fully saturated rings. The maximum absolute atomic E-state index is 6.40. The Morgan fingerprint density at radius 3 is 2.68 bits per heavy atom. The minimum absolute atomic E-state index is 0.458. The third-order valence-corrected chi connectivity index (χ3v) is 7.44. The monoisotopic (exact) mass is 489 g/mol. The highest BCUT2D eigenvalue weighted by atomic mass is 16.5. The second-order valence-electron chi connectivity index (χ2n) is 10.1. The molecular formula is C29H27N7O. The van der Waals surface area contributed by atoms with Gasteiger partial charge in [0.15, 0.2) is 5.65 Å². The summed E-state index contributed by atoms with van der Waals surface area (Å²) in [6, 6.07) is 14.9. The molecular weight excluding hydrogens is 462 g/mol. The number of allylic oxidation sites excluding steroid dienone is 1. The molecule has 0 amide bonds. The molecule has 1 aliphatic carbocycles. The summed E-state index contributed by atoms with van der Waals surface area (Å²) in [4.78, 5) is 10.0. The van der Waals surface area contributed by atoms with Gasteiger partial charge in [0.1, 0.15) is 23.7 Å². The fourth-order valence-corrected chi connectivity index (χ4v) is 5.52. The van der Waals surface area contributed by atoms with Gasteiger partial charge in [-0.1, -0.05) is 18.2 Å². The number of benzene rings is 2. The highest BCUT2D eigenvalue weighted by Gasteiger charge is 2.32. The molecule has 0 atom stereocenters. The van der Waals surface area contributed by atoms with Gasteiger partial charge in [0.05, 0.1) is 0 Å². The molecule has 8 heteroatoms. The molecule has 3 aromatic heterocycles. The Bertz CT molecular complexity index is 1730. The topological polar surface area (TPSA) is 94.4 Å². The number of ether oxygens (including phenoxy) is 1. The van der Waals surface area contributed by atoms with Crippen LogP contribution in [0.15, 0.2) is 42.5 Å². The van der Waals surface area contributed by atoms with Gasteiger partial charge in [0.25, 0.3) is 0 Å². The fraction of sp³-hybridized carbons (Fsp3) is 0.276. The minimum atomic E-state index is 0.458. The predicted molar refractivity (Wildman–Crippen MR) is 142 cm³/mol. The van der Waals surface area contributed by atoms with Gasteiger partial charge in [-0.3, -0.25) is 4.57 Å². The number of tetrazole rings is 1. The van der Waals surface area contributed by atoms with E-state index < -0.39 is 0 Å². The first kappa shape index (κ1) is 21.9. The van der Waals surface area contributed by atoms with Crippen molar-refractivity contribution in [2.75, 3.05) is 0 Å². The highest BCUT2D eigenvalue weighted by molar-refractivity contribution is 6.00. The maximum Gasteiger partial charge on any atom is 0.201 e. The number of hydrogen-bond acceptors (Lipinski definition) is 6. The van der Waals surface area contributed by atoms with Crippen LogP contribution in [0.2, 0.25) is 0 Å². The number of imidazole rings is 1. The number of nitrogens with zero attached hydrogens (tertiary/aromatic N) is 6. The summed E-state index contributed by atoms with van der Waals surface area (Å²) in [5.41, 5.74) is 11.5. The van der Waals surface area contributed by atoms with Crippen molar-refractivity contribution >= 4 is 22.3 Å². The van der Waals surface area contributed by atoms with Gasteiger partial charge in [-0.25, -0.2) is 9.97 Å². The zero-order valence-electron chi connectivity index (χ0n) is 21.3. The molecule has 0 bridgehead atoms. The molecule has 184 valence electrons. The third kappa shape index (κ3) is 3.47. The lowest BCUT2D eigenvalue weighted by atomic mass is 9.88. The SMILES string of the molecule is C/C(=C1\c2ccc(-n3c(C4CC4)nc4c(C)cc(C)nc43)cc2COc2cccc(C)c21)c1nn[nH]n1. The van der Waals surface area contributed by atoms with Gasteiger partial charge >= 0.3 is 0 Å². The standard InChI is InChI=1S/C29H27N7O/c1-15-6-5-7-23-24(15)25(18(4)27-32-34-35-33-27)22-11-10-21(13-20(22)14-37-23)36-28(19-8-9-19)31-26-16(2)12-17(3)30-29(26)36/h5-7,10-13,19H,8-9,14H2,1-4H3,(H,32,33,34,35)/b25-18-. The number of aromatic amines is 1. The number of aromatic nitrogens is 7. The lowest BCUT2D eigenvalue weighted by Crippen LogP contribution is -2.05. The van der Waals surface area contributed by atoms with Crippen molar-refractivity contribution in [2.24, 2.45) is 0 Å². The second kappa shape index (κ2) is 8.09. The molecule has 1 aliphatic heterocycles. The summed E-state index contributed by atoms with van der Waals surface area (Å²) in [5.74, 6) is 3.01. The first-order valence-corrected chi connectivity index (χ1v) is 12.7. The van der Waals surface area contributed by atoms with E-state index in [1.807, 2.05) is 26.0 Å². The number of fused-ring (bicyclic) bond motifs is 3. The van der Waals surface area contributed by atoms with E-state index >= 15 is 0 Å². The number of aryl methyl sites for hydroxylation is 3. The fourth-order valence-electron chi connectivity index (χ4n) is 5.52. The van der Waals surface area contributed by atoms with E-state index in [0.717, 1.165) is 73.1 Å². The summed E-state index contributed by atoms with van der Waals surface area (Å²) in [6.07, 6.45) is 2.33. The normalized spacial score (nSPS) is 16.2. The molecule has 8 nitrogen and oxygen atoms in total. The average Bonchev–Trinajstić information content (AvgIpc) is 3.48. The Morgan fingerprint density at radius 1 is 1.03 bits per heavy atom. The molecule has 0 saturated heterocycles. The lowest BCUT2D eigenvalue weighted by Gasteiger charge is -2.17. The van der Waals surface area contributed by atoms with Crippen molar-refractivity contribution in [2.45, 2.75) is 53.1 Å². The number of pyridine rings is 1. The van der Waals surface area contributed by atoms with Crippen molar-refractivity contribution in [1.29, 1.82) is 0 Å². The van der Waals surface area contributed by atoms with Crippen LogP contribution in [0.3, 0.4) is 0 Å². The van der Waals surface area contributed by atoms with Crippen molar-refractivity contribution in [3.63, 3.8) is 0 Å². The third-order valence-electron chi connectivity index (χ3n) is 7.44. The van der Waals surface area contributed by atoms with E-state index in [4.69, 9.17) is 14.7 Å². The van der Waals surface area contributed by atoms with E-state index in [9.17, 15) is 0 Å². The van der Waals surface area contributed by atoms with E-state index in [0.29, 0.717) is 18.3 Å². The molecule has 0 radical (unpaired) electrons. The molecule has 2 aromatic carbocycles. The van der Waals surface area contributed by atoms with E-state index in [-0.39, 0.29) is 0 Å². The van der Waals surface area contributed by atoms with E-state index in [1.54, 1.807) is 0 Å². The molecule has 2 aliphatic rings. The van der Waals surface area contributed by atoms with Crippen LogP contribution in [-0.4, -0.2) is 35.2 Å². The van der Waals surface area contributed by atoms with Gasteiger partial charge in [-0.2, -0.15) is 5.21 Å². The van der Waals surface area contributed by atoms with E-state index in [2.05, 4.69) is 69.4 Å². The van der Waals surface area contributed by atoms with Gasteiger partial charge in [-0.15, -0.1) is 10.2 Å². The molecule has 0 spiro atoms. The van der Waals surface area contributed by atoms with Crippen molar-refractivity contribution in [1.82, 2.24) is 35.2 Å². The predicted octanol–water partition coefficient (Wildman–Crippen LogP) is 5.61. The summed E-state index contributed by atoms with van der Waals surface area (Å²) < 4.78 is 8.66. The van der Waals surface area contributed by atoms with Gasteiger partial charge < -0.3 is 4.74 Å². The molecule has 1 N–H and O–H groups in total. The quantitative estimate of drug-likeness (QED) is 0.354. The molecule has 0 unspecified atom stereocenters. The average molecular weight is 490 g/mol. The van der Waals surface area contributed by atoms with Gasteiger partial charge in [0.2, 0.25) is 5.82 Å². The highest BCUT2D eigenvalue weighted by Crippen LogP contribution is 2.44. The summed E-state index contributed by atoms with van der Waals surface area (Å²) in [7, 11) is 0. The largest absolute Gasteiger partial charge is 0.488 e. The van der Waals surface area contributed by atoms with Crippen LogP contribution in [0.4, 0.5) is 0 Å².